The third-order valence-corrected chi connectivity index (χ3v) is 7.62. The lowest BCUT2D eigenvalue weighted by Crippen LogP contribution is -2.22. The van der Waals surface area contributed by atoms with Gasteiger partial charge in [0, 0.05) is 28.6 Å². The first-order chi connectivity index (χ1) is 19.3. The molecule has 200 valence electrons. The smallest absolute Gasteiger partial charge is 0.135 e. The molecule has 5 aromatic carbocycles. The zero-order chi connectivity index (χ0) is 27.9. The molecular weight excluding hydrogens is 518 g/mol. The molecule has 0 saturated carbocycles. The van der Waals surface area contributed by atoms with Crippen molar-refractivity contribution in [2.24, 2.45) is 0 Å². The maximum atomic E-state index is 11.4. The SMILES string of the molecule is COc1ccc(CN(c2ccccc2Cl)c2cccc(C(C)(C)O)c2-c2ccc3oc4ccccc4c3c2)cc1. The van der Waals surface area contributed by atoms with Crippen LogP contribution >= 0.6 is 11.6 Å². The van der Waals surface area contributed by atoms with Gasteiger partial charge in [-0.05, 0) is 79.1 Å². The number of para-hydroxylation sites is 2. The fraction of sp³-hybridized carbons (Fsp3) is 0.143. The van der Waals surface area contributed by atoms with E-state index in [1.807, 2.05) is 86.6 Å². The molecule has 5 heteroatoms. The second-order valence-electron chi connectivity index (χ2n) is 10.5. The van der Waals surface area contributed by atoms with Gasteiger partial charge in [-0.25, -0.2) is 0 Å². The van der Waals surface area contributed by atoms with E-state index in [9.17, 15) is 5.11 Å². The van der Waals surface area contributed by atoms with Crippen LogP contribution in [-0.2, 0) is 12.1 Å². The topological polar surface area (TPSA) is 45.8 Å². The van der Waals surface area contributed by atoms with E-state index in [-0.39, 0.29) is 0 Å². The summed E-state index contributed by atoms with van der Waals surface area (Å²) in [6.07, 6.45) is 0. The Bertz CT molecular complexity index is 1820. The van der Waals surface area contributed by atoms with E-state index in [1.165, 1.54) is 0 Å². The van der Waals surface area contributed by atoms with E-state index in [2.05, 4.69) is 41.3 Å². The van der Waals surface area contributed by atoms with Gasteiger partial charge in [0.05, 0.1) is 23.4 Å². The largest absolute Gasteiger partial charge is 0.497 e. The Balaban J connectivity index is 1.60. The minimum Gasteiger partial charge on any atom is -0.497 e. The van der Waals surface area contributed by atoms with Crippen LogP contribution in [0.25, 0.3) is 33.1 Å². The summed E-state index contributed by atoms with van der Waals surface area (Å²) < 4.78 is 11.5. The van der Waals surface area contributed by atoms with Crippen LogP contribution in [0.15, 0.2) is 114 Å². The number of halogens is 1. The zero-order valence-electron chi connectivity index (χ0n) is 22.7. The van der Waals surface area contributed by atoms with Crippen molar-refractivity contribution in [3.8, 4) is 16.9 Å². The third-order valence-electron chi connectivity index (χ3n) is 7.30. The highest BCUT2D eigenvalue weighted by atomic mass is 35.5. The molecule has 1 N–H and O–H groups in total. The van der Waals surface area contributed by atoms with Crippen LogP contribution in [0.4, 0.5) is 11.4 Å². The van der Waals surface area contributed by atoms with Gasteiger partial charge in [-0.15, -0.1) is 0 Å². The van der Waals surface area contributed by atoms with Gasteiger partial charge in [-0.1, -0.05) is 72.3 Å². The van der Waals surface area contributed by atoms with E-state index < -0.39 is 5.60 Å². The fourth-order valence-electron chi connectivity index (χ4n) is 5.34. The zero-order valence-corrected chi connectivity index (χ0v) is 23.4. The predicted molar refractivity (Wildman–Crippen MR) is 165 cm³/mol. The Hall–Kier alpha value is -4.25. The highest BCUT2D eigenvalue weighted by Gasteiger charge is 2.27. The van der Waals surface area contributed by atoms with Crippen molar-refractivity contribution in [2.75, 3.05) is 12.0 Å². The van der Waals surface area contributed by atoms with Crippen LogP contribution in [0.5, 0.6) is 5.75 Å². The maximum absolute atomic E-state index is 11.4. The summed E-state index contributed by atoms with van der Waals surface area (Å²) in [7, 11) is 1.67. The lowest BCUT2D eigenvalue weighted by molar-refractivity contribution is 0.0792. The van der Waals surface area contributed by atoms with Gasteiger partial charge < -0.3 is 19.2 Å². The molecular formula is C35H30ClNO3. The number of rotatable bonds is 7. The molecule has 0 aliphatic carbocycles. The van der Waals surface area contributed by atoms with Crippen molar-refractivity contribution in [1.82, 2.24) is 0 Å². The van der Waals surface area contributed by atoms with Crippen molar-refractivity contribution in [3.05, 3.63) is 125 Å². The molecule has 0 atom stereocenters. The van der Waals surface area contributed by atoms with Gasteiger partial charge in [0.1, 0.15) is 16.9 Å². The van der Waals surface area contributed by atoms with Crippen molar-refractivity contribution in [2.45, 2.75) is 26.0 Å². The minimum atomic E-state index is -1.09. The Kier molecular flexibility index (Phi) is 6.75. The molecule has 40 heavy (non-hydrogen) atoms. The highest BCUT2D eigenvalue weighted by molar-refractivity contribution is 6.33. The normalized spacial score (nSPS) is 11.7. The highest BCUT2D eigenvalue weighted by Crippen LogP contribution is 2.45. The Labute approximate surface area is 239 Å². The molecule has 0 radical (unpaired) electrons. The first-order valence-corrected chi connectivity index (χ1v) is 13.6. The second kappa shape index (κ2) is 10.4. The average Bonchev–Trinajstić information content (AvgIpc) is 3.34. The molecule has 0 spiro atoms. The standard InChI is InChI=1S/C35H30ClNO3/c1-35(2,38)28-10-8-13-31(34(28)24-17-20-33-27(21-24)26-9-4-7-14-32(26)40-33)37(30-12-6-5-11-29(30)36)22-23-15-18-25(39-3)19-16-23/h4-21,38H,22H2,1-3H3. The maximum Gasteiger partial charge on any atom is 0.135 e. The van der Waals surface area contributed by atoms with Crippen LogP contribution in [0.1, 0.15) is 25.0 Å². The molecule has 1 aromatic heterocycles. The number of nitrogens with zero attached hydrogens (tertiary/aromatic N) is 1. The second-order valence-corrected chi connectivity index (χ2v) is 10.9. The van der Waals surface area contributed by atoms with Gasteiger partial charge in [0.15, 0.2) is 0 Å². The Morgan fingerprint density at radius 3 is 2.23 bits per heavy atom. The molecule has 0 unspecified atom stereocenters. The van der Waals surface area contributed by atoms with Gasteiger partial charge in [0.25, 0.3) is 0 Å². The number of hydrogen-bond acceptors (Lipinski definition) is 4. The lowest BCUT2D eigenvalue weighted by Gasteiger charge is -2.32. The van der Waals surface area contributed by atoms with Gasteiger partial charge in [0.2, 0.25) is 0 Å². The average molecular weight is 548 g/mol. The van der Waals surface area contributed by atoms with Gasteiger partial charge in [-0.3, -0.25) is 0 Å². The van der Waals surface area contributed by atoms with E-state index in [1.54, 1.807) is 7.11 Å². The number of ether oxygens (including phenoxy) is 1. The number of benzene rings is 5. The van der Waals surface area contributed by atoms with Crippen molar-refractivity contribution in [3.63, 3.8) is 0 Å². The van der Waals surface area contributed by atoms with E-state index in [4.69, 9.17) is 20.8 Å². The Morgan fingerprint density at radius 2 is 1.48 bits per heavy atom. The van der Waals surface area contributed by atoms with Crippen LogP contribution in [0.2, 0.25) is 5.02 Å². The number of aliphatic hydroxyl groups is 1. The molecule has 0 saturated heterocycles. The van der Waals surface area contributed by atoms with E-state index in [0.717, 1.165) is 61.3 Å². The van der Waals surface area contributed by atoms with Crippen molar-refractivity contribution >= 4 is 44.9 Å². The fourth-order valence-corrected chi connectivity index (χ4v) is 5.58. The summed E-state index contributed by atoms with van der Waals surface area (Å²) in [4.78, 5) is 2.21. The van der Waals surface area contributed by atoms with Crippen molar-refractivity contribution < 1.29 is 14.3 Å². The molecule has 0 aliphatic heterocycles. The van der Waals surface area contributed by atoms with E-state index >= 15 is 0 Å². The quantitative estimate of drug-likeness (QED) is 0.216. The van der Waals surface area contributed by atoms with Gasteiger partial charge in [-0.2, -0.15) is 0 Å². The lowest BCUT2D eigenvalue weighted by atomic mass is 9.87. The van der Waals surface area contributed by atoms with Gasteiger partial charge >= 0.3 is 0 Å². The number of fused-ring (bicyclic) bond motifs is 3. The number of methoxy groups -OCH3 is 1. The van der Waals surface area contributed by atoms with Crippen LogP contribution in [0, 0.1) is 0 Å². The molecule has 0 aliphatic rings. The first-order valence-electron chi connectivity index (χ1n) is 13.3. The summed E-state index contributed by atoms with van der Waals surface area (Å²) in [5.41, 5.74) is 6.25. The predicted octanol–water partition coefficient (Wildman–Crippen LogP) is 9.48. The summed E-state index contributed by atoms with van der Waals surface area (Å²) in [5, 5.41) is 14.1. The summed E-state index contributed by atoms with van der Waals surface area (Å²) in [6.45, 7) is 4.21. The monoisotopic (exact) mass is 547 g/mol. The van der Waals surface area contributed by atoms with Crippen LogP contribution in [-0.4, -0.2) is 12.2 Å². The van der Waals surface area contributed by atoms with Crippen molar-refractivity contribution in [1.29, 1.82) is 0 Å². The van der Waals surface area contributed by atoms with Crippen LogP contribution in [0.3, 0.4) is 0 Å². The molecule has 4 nitrogen and oxygen atoms in total. The van der Waals surface area contributed by atoms with E-state index in [0.29, 0.717) is 11.6 Å². The number of furan rings is 1. The van der Waals surface area contributed by atoms with Crippen LogP contribution < -0.4 is 9.64 Å². The summed E-state index contributed by atoms with van der Waals surface area (Å²) in [5.74, 6) is 0.804. The molecule has 1 heterocycles. The molecule has 6 aromatic rings. The summed E-state index contributed by atoms with van der Waals surface area (Å²) >= 11 is 6.82. The number of hydrogen-bond donors (Lipinski definition) is 1. The molecule has 6 rings (SSSR count). The molecule has 0 amide bonds. The Morgan fingerprint density at radius 1 is 0.775 bits per heavy atom. The molecule has 0 fully saturated rings. The number of anilines is 2. The molecule has 0 bridgehead atoms. The first kappa shape index (κ1) is 26.0. The summed E-state index contributed by atoms with van der Waals surface area (Å²) in [6, 6.07) is 36.3. The minimum absolute atomic E-state index is 0.562. The third kappa shape index (κ3) is 4.81.